The second kappa shape index (κ2) is 8.84. The first-order valence-corrected chi connectivity index (χ1v) is 4.81. The van der Waals surface area contributed by atoms with Crippen LogP contribution in [0.1, 0.15) is 0 Å². The average Bonchev–Trinajstić information content (AvgIpc) is 0.918. The molecule has 0 aromatic rings. The fraction of sp³-hybridized carbons (Fsp3) is 0. The van der Waals surface area contributed by atoms with E-state index in [1.807, 2.05) is 0 Å². The monoisotopic (exact) mass is 109 g/mol. The third-order valence-corrected chi connectivity index (χ3v) is 0. The van der Waals surface area contributed by atoms with Crippen LogP contribution in [-0.4, -0.2) is 18.2 Å². The normalized spacial score (nSPS) is 2.50. The lowest BCUT2D eigenvalue weighted by atomic mass is 12.0. The van der Waals surface area contributed by atoms with Crippen molar-refractivity contribution < 1.29 is 0 Å². The predicted octanol–water partition coefficient (Wildman–Crippen LogP) is 1.45. The van der Waals surface area contributed by atoms with Crippen LogP contribution in [-0.2, 0) is 0 Å². The molecule has 0 aliphatic heterocycles. The predicted molar refractivity (Wildman–Crippen MR) is 23.9 cm³/mol. The maximum atomic E-state index is 4.90. The Morgan fingerprint density at radius 2 is 1.25 bits per heavy atom. The van der Waals surface area contributed by atoms with Gasteiger partial charge in [0.15, 0.2) is 0 Å². The fourth-order valence-electron chi connectivity index (χ4n) is 0. The molecule has 0 heterocycles. The van der Waals surface area contributed by atoms with Gasteiger partial charge in [0.1, 0.15) is 0 Å². The molecule has 0 atom stereocenters. The first kappa shape index (κ1) is 9.02. The van der Waals surface area contributed by atoms with Gasteiger partial charge in [-0.15, -0.1) is 0 Å². The molecule has 0 aliphatic carbocycles. The van der Waals surface area contributed by atoms with Crippen molar-refractivity contribution in [3.63, 3.8) is 0 Å². The van der Waals surface area contributed by atoms with E-state index in [1.54, 1.807) is 0 Å². The lowest BCUT2D eigenvalue weighted by Gasteiger charge is -1.33. The molecule has 0 bridgehead atoms. The highest BCUT2D eigenvalue weighted by molar-refractivity contribution is 7.22. The van der Waals surface area contributed by atoms with E-state index in [9.17, 15) is 0 Å². The van der Waals surface area contributed by atoms with Gasteiger partial charge < -0.3 is 18.1 Å². The van der Waals surface area contributed by atoms with Crippen molar-refractivity contribution in [2.75, 3.05) is 0 Å². The molecule has 0 rings (SSSR count). The molecule has 0 aromatic carbocycles. The van der Waals surface area contributed by atoms with E-state index >= 15 is 0 Å². The number of hydrogen-bond donors (Lipinski definition) is 0. The van der Waals surface area contributed by atoms with E-state index in [4.69, 9.17) is 18.1 Å². The summed E-state index contributed by atoms with van der Waals surface area (Å²) in [4.78, 5) is 0. The van der Waals surface area contributed by atoms with Crippen LogP contribution in [0.2, 0.25) is 0 Å². The third-order valence-electron chi connectivity index (χ3n) is 0. The molecule has 0 unspecified atom stereocenters. The Morgan fingerprint density at radius 1 is 1.25 bits per heavy atom. The van der Waals surface area contributed by atoms with Gasteiger partial charge in [-0.1, -0.05) is 7.43 Å². The third kappa shape index (κ3) is 10.2. The molecule has 0 amide bonds. The summed E-state index contributed by atoms with van der Waals surface area (Å²) >= 11 is -0.639. The molecule has 0 N–H and O–H groups in total. The molecular weight excluding hydrogens is 107 g/mol. The van der Waals surface area contributed by atoms with Crippen LogP contribution in [0.15, 0.2) is 0 Å². The minimum atomic E-state index is -0.639. The zero-order chi connectivity index (χ0) is 2.71. The molecule has 23 valence electrons. The van der Waals surface area contributed by atoms with Crippen molar-refractivity contribution in [1.29, 1.82) is 0 Å². The van der Waals surface area contributed by atoms with Crippen molar-refractivity contribution in [3.8, 4) is 0 Å². The molecule has 4 heavy (non-hydrogen) atoms. The van der Waals surface area contributed by atoms with Gasteiger partial charge >= 0.3 is 18.2 Å². The van der Waals surface area contributed by atoms with Crippen LogP contribution < -0.4 is 0 Å². The van der Waals surface area contributed by atoms with Crippen molar-refractivity contribution >= 4 is 36.3 Å². The van der Waals surface area contributed by atoms with Gasteiger partial charge in [0.2, 0.25) is 0 Å². The summed E-state index contributed by atoms with van der Waals surface area (Å²) in [5.41, 5.74) is 0. The Bertz CT molecular complexity index is 6.00. The van der Waals surface area contributed by atoms with Gasteiger partial charge in [-0.05, 0) is 0 Å². The molecule has 0 saturated heterocycles. The van der Waals surface area contributed by atoms with E-state index in [2.05, 4.69) is 0 Å². The van der Waals surface area contributed by atoms with E-state index in [0.29, 0.717) is 0 Å². The summed E-state index contributed by atoms with van der Waals surface area (Å²) in [6.45, 7) is 0. The van der Waals surface area contributed by atoms with Crippen LogP contribution in [0.3, 0.4) is 0 Å². The van der Waals surface area contributed by atoms with Crippen molar-refractivity contribution in [2.24, 2.45) is 0 Å². The summed E-state index contributed by atoms with van der Waals surface area (Å²) in [5, 5.41) is 0. The van der Waals surface area contributed by atoms with Gasteiger partial charge in [-0.25, -0.2) is 0 Å². The highest BCUT2D eigenvalue weighted by Crippen LogP contribution is 1.67. The summed E-state index contributed by atoms with van der Waals surface area (Å²) < 4.78 is 0. The fourth-order valence-corrected chi connectivity index (χ4v) is 0. The van der Waals surface area contributed by atoms with E-state index in [0.717, 1.165) is 0 Å². The Hall–Kier alpha value is 1.35. The lowest BCUT2D eigenvalue weighted by Crippen LogP contribution is -1.36. The Kier molecular flexibility index (Phi) is 19.9. The molecule has 3 heteroatoms. The van der Waals surface area contributed by atoms with Gasteiger partial charge in [0, 0.05) is 0 Å². The quantitative estimate of drug-likeness (QED) is 0.414. The molecule has 1 radical (unpaired) electrons. The Balaban J connectivity index is 0. The van der Waals surface area contributed by atoms with Crippen LogP contribution in [0, 0.1) is 7.43 Å². The zero-order valence-corrected chi connectivity index (χ0v) is 5.39. The summed E-state index contributed by atoms with van der Waals surface area (Å²) in [6.07, 6.45) is 0. The van der Waals surface area contributed by atoms with E-state index < -0.39 is 18.2 Å². The van der Waals surface area contributed by atoms with Gasteiger partial charge in [-0.2, -0.15) is 0 Å². The number of rotatable bonds is 0. The minimum Gasteiger partial charge on any atom is -0.309 e. The SMILES string of the molecule is [CH3].[Cl][Mg][Cl]. The van der Waals surface area contributed by atoms with E-state index in [1.165, 1.54) is 0 Å². The molecule has 0 spiro atoms. The molecular formula is CH3Cl2Mg. The maximum absolute atomic E-state index is 4.90. The Morgan fingerprint density at radius 3 is 1.25 bits per heavy atom. The topological polar surface area (TPSA) is 0 Å². The second-order valence-corrected chi connectivity index (χ2v) is 2.73. The first-order chi connectivity index (χ1) is 1.41. The van der Waals surface area contributed by atoms with E-state index in [-0.39, 0.29) is 7.43 Å². The van der Waals surface area contributed by atoms with Gasteiger partial charge in [0.05, 0.1) is 0 Å². The number of halogens is 2. The van der Waals surface area contributed by atoms with Crippen molar-refractivity contribution in [3.05, 3.63) is 7.43 Å². The van der Waals surface area contributed by atoms with Crippen LogP contribution in [0.4, 0.5) is 0 Å². The van der Waals surface area contributed by atoms with Gasteiger partial charge in [-0.3, -0.25) is 0 Å². The van der Waals surface area contributed by atoms with Crippen molar-refractivity contribution in [1.82, 2.24) is 0 Å². The smallest absolute Gasteiger partial charge is 0.309 e. The van der Waals surface area contributed by atoms with Crippen LogP contribution in [0.25, 0.3) is 0 Å². The number of hydrogen-bond acceptors (Lipinski definition) is 0. The lowest BCUT2D eigenvalue weighted by molar-refractivity contribution is 3.24. The molecule has 0 fully saturated rings. The van der Waals surface area contributed by atoms with Crippen LogP contribution >= 0.6 is 18.1 Å². The Labute approximate surface area is 43.8 Å². The second-order valence-electron chi connectivity index (χ2n) is 0.101. The molecule has 0 aromatic heterocycles. The standard InChI is InChI=1S/CH3.2ClH.Mg/h1H3;2*1H;/q;;;+2/p-2. The maximum Gasteiger partial charge on any atom is 0.618 e. The average molecular weight is 110 g/mol. The highest BCUT2D eigenvalue weighted by atomic mass is 35.6. The van der Waals surface area contributed by atoms with Crippen molar-refractivity contribution in [2.45, 2.75) is 0 Å². The molecule has 0 nitrogen and oxygen atoms in total. The zero-order valence-electron chi connectivity index (χ0n) is 2.46. The van der Waals surface area contributed by atoms with Gasteiger partial charge in [0.25, 0.3) is 0 Å². The summed E-state index contributed by atoms with van der Waals surface area (Å²) in [6, 6.07) is 0. The molecule has 0 aliphatic rings. The molecule has 0 saturated carbocycles. The highest BCUT2D eigenvalue weighted by Gasteiger charge is 1.64. The van der Waals surface area contributed by atoms with Crippen LogP contribution in [0.5, 0.6) is 0 Å². The first-order valence-electron chi connectivity index (χ1n) is 0.535. The largest absolute Gasteiger partial charge is 0.618 e. The summed E-state index contributed by atoms with van der Waals surface area (Å²) in [7, 11) is 9.81. The minimum absolute atomic E-state index is 0. The summed E-state index contributed by atoms with van der Waals surface area (Å²) in [5.74, 6) is 0.